The molecule has 0 aliphatic carbocycles. The number of hydrogen-bond donors (Lipinski definition) is 0. The molecular formula is C37H70NO8P. The van der Waals surface area contributed by atoms with Gasteiger partial charge in [-0.2, -0.15) is 0 Å². The van der Waals surface area contributed by atoms with Crippen molar-refractivity contribution in [1.29, 1.82) is 0 Å². The first kappa shape index (κ1) is 45.5. The first-order valence-corrected chi connectivity index (χ1v) is 20.0. The molecule has 0 bridgehead atoms. The van der Waals surface area contributed by atoms with Crippen LogP contribution >= 0.6 is 7.82 Å². The van der Waals surface area contributed by atoms with E-state index in [4.69, 9.17) is 18.5 Å². The molecule has 0 fully saturated rings. The Morgan fingerprint density at radius 1 is 0.638 bits per heavy atom. The number of allylic oxidation sites excluding steroid dienone is 4. The van der Waals surface area contributed by atoms with Crippen LogP contribution in [0.1, 0.15) is 149 Å². The maximum Gasteiger partial charge on any atom is 0.306 e. The van der Waals surface area contributed by atoms with Crippen LogP contribution in [0, 0.1) is 0 Å². The Bertz CT molecular complexity index is 871. The number of quaternary nitrogens is 1. The fraction of sp³-hybridized carbons (Fsp3) is 0.838. The van der Waals surface area contributed by atoms with Gasteiger partial charge in [0.1, 0.15) is 19.8 Å². The molecule has 0 aliphatic heterocycles. The van der Waals surface area contributed by atoms with Crippen LogP contribution in [0.25, 0.3) is 0 Å². The third-order valence-electron chi connectivity index (χ3n) is 7.69. The van der Waals surface area contributed by atoms with E-state index in [9.17, 15) is 19.0 Å². The summed E-state index contributed by atoms with van der Waals surface area (Å²) in [6.45, 7) is 4.12. The monoisotopic (exact) mass is 687 g/mol. The third-order valence-corrected chi connectivity index (χ3v) is 8.66. The predicted molar refractivity (Wildman–Crippen MR) is 190 cm³/mol. The minimum absolute atomic E-state index is 0.0331. The lowest BCUT2D eigenvalue weighted by Crippen LogP contribution is -2.37. The number of hydrogen-bond acceptors (Lipinski definition) is 8. The highest BCUT2D eigenvalue weighted by atomic mass is 31.2. The van der Waals surface area contributed by atoms with Gasteiger partial charge in [0.05, 0.1) is 27.7 Å². The highest BCUT2D eigenvalue weighted by Gasteiger charge is 2.21. The van der Waals surface area contributed by atoms with Gasteiger partial charge >= 0.3 is 11.9 Å². The van der Waals surface area contributed by atoms with E-state index in [1.807, 2.05) is 21.1 Å². The molecule has 0 aromatic rings. The van der Waals surface area contributed by atoms with Gasteiger partial charge in [-0.25, -0.2) is 0 Å². The number of phosphoric ester groups is 1. The van der Waals surface area contributed by atoms with E-state index in [-0.39, 0.29) is 26.1 Å². The SMILES string of the molecule is CCCC/C=C\CCCCCCCC(=O)O[C@H](COC(=O)CCCCCCC/C=C\CCCCC)COP(=O)([O-])OCC[N+](C)(C)C. The van der Waals surface area contributed by atoms with Gasteiger partial charge in [0.2, 0.25) is 0 Å². The summed E-state index contributed by atoms with van der Waals surface area (Å²) in [4.78, 5) is 37.2. The average molecular weight is 688 g/mol. The van der Waals surface area contributed by atoms with Gasteiger partial charge in [0.15, 0.2) is 6.10 Å². The van der Waals surface area contributed by atoms with Crippen molar-refractivity contribution < 1.29 is 42.1 Å². The summed E-state index contributed by atoms with van der Waals surface area (Å²) < 4.78 is 33.7. The number of carbonyl (C=O) groups is 2. The predicted octanol–water partition coefficient (Wildman–Crippen LogP) is 8.99. The summed E-state index contributed by atoms with van der Waals surface area (Å²) in [5, 5.41) is 0. The number of unbranched alkanes of at least 4 members (excludes halogenated alkanes) is 15. The Morgan fingerprint density at radius 2 is 1.11 bits per heavy atom. The normalized spacial score (nSPS) is 14.1. The van der Waals surface area contributed by atoms with Crippen LogP contribution in [0.4, 0.5) is 0 Å². The van der Waals surface area contributed by atoms with E-state index in [0.717, 1.165) is 77.0 Å². The summed E-state index contributed by atoms with van der Waals surface area (Å²) in [5.41, 5.74) is 0. The quantitative estimate of drug-likeness (QED) is 0.0221. The molecule has 0 heterocycles. The van der Waals surface area contributed by atoms with Crippen LogP contribution in [-0.4, -0.2) is 70.0 Å². The van der Waals surface area contributed by atoms with E-state index in [0.29, 0.717) is 17.4 Å². The molecule has 0 aliphatic rings. The number of phosphoric acid groups is 1. The Morgan fingerprint density at radius 3 is 1.64 bits per heavy atom. The number of carbonyl (C=O) groups excluding carboxylic acids is 2. The van der Waals surface area contributed by atoms with E-state index in [1.165, 1.54) is 38.5 Å². The standard InChI is InChI=1S/C37H70NO8P/c1-6-8-10-12-14-16-18-20-21-23-25-27-29-36(39)43-33-35(34-45-47(41,42)44-32-31-38(3,4)5)46-37(40)30-28-26-24-22-19-17-15-13-11-9-7-2/h13-16,35H,6-12,17-34H2,1-5H3/b15-13-,16-14-/t35-/m1/s1. The number of esters is 2. The van der Waals surface area contributed by atoms with Gasteiger partial charge in [-0.1, -0.05) is 102 Å². The number of rotatable bonds is 33. The number of nitrogens with zero attached hydrogens (tertiary/aromatic N) is 1. The zero-order valence-corrected chi connectivity index (χ0v) is 31.6. The Labute approximate surface area is 288 Å². The molecule has 0 saturated heterocycles. The minimum atomic E-state index is -4.61. The van der Waals surface area contributed by atoms with Crippen LogP contribution in [-0.2, 0) is 32.7 Å². The van der Waals surface area contributed by atoms with Crippen molar-refractivity contribution in [2.24, 2.45) is 0 Å². The third kappa shape index (κ3) is 34.2. The molecular weight excluding hydrogens is 617 g/mol. The molecule has 9 nitrogen and oxygen atoms in total. The summed E-state index contributed by atoms with van der Waals surface area (Å²) in [6.07, 6.45) is 29.2. The molecule has 0 amide bonds. The molecule has 0 aromatic heterocycles. The highest BCUT2D eigenvalue weighted by molar-refractivity contribution is 7.45. The zero-order chi connectivity index (χ0) is 35.1. The fourth-order valence-electron chi connectivity index (χ4n) is 4.69. The second-order valence-corrected chi connectivity index (χ2v) is 15.0. The first-order valence-electron chi connectivity index (χ1n) is 18.5. The molecule has 0 saturated carbocycles. The van der Waals surface area contributed by atoms with Crippen molar-refractivity contribution in [1.82, 2.24) is 0 Å². The molecule has 47 heavy (non-hydrogen) atoms. The lowest BCUT2D eigenvalue weighted by molar-refractivity contribution is -0.870. The van der Waals surface area contributed by atoms with Gasteiger partial charge in [-0.3, -0.25) is 14.2 Å². The largest absolute Gasteiger partial charge is 0.756 e. The summed E-state index contributed by atoms with van der Waals surface area (Å²) in [6, 6.07) is 0. The lowest BCUT2D eigenvalue weighted by Gasteiger charge is -2.28. The van der Waals surface area contributed by atoms with Crippen LogP contribution in [0.2, 0.25) is 0 Å². The van der Waals surface area contributed by atoms with E-state index in [1.54, 1.807) is 0 Å². The van der Waals surface area contributed by atoms with Crippen LogP contribution in [0.5, 0.6) is 0 Å². The molecule has 0 radical (unpaired) electrons. The Kier molecular flexibility index (Phi) is 29.6. The van der Waals surface area contributed by atoms with Crippen LogP contribution in [0.15, 0.2) is 24.3 Å². The molecule has 276 valence electrons. The van der Waals surface area contributed by atoms with Gasteiger partial charge in [-0.05, 0) is 57.8 Å². The summed E-state index contributed by atoms with van der Waals surface area (Å²) in [7, 11) is 1.15. The summed E-state index contributed by atoms with van der Waals surface area (Å²) in [5.74, 6) is -0.859. The van der Waals surface area contributed by atoms with Crippen molar-refractivity contribution in [2.75, 3.05) is 47.5 Å². The van der Waals surface area contributed by atoms with Crippen molar-refractivity contribution in [3.05, 3.63) is 24.3 Å². The fourth-order valence-corrected chi connectivity index (χ4v) is 5.42. The second kappa shape index (κ2) is 30.5. The molecule has 1 unspecified atom stereocenters. The maximum absolute atomic E-state index is 12.6. The minimum Gasteiger partial charge on any atom is -0.756 e. The first-order chi connectivity index (χ1) is 22.5. The maximum atomic E-state index is 12.6. The van der Waals surface area contributed by atoms with Gasteiger partial charge in [0.25, 0.3) is 7.82 Å². The topological polar surface area (TPSA) is 111 Å². The van der Waals surface area contributed by atoms with Crippen molar-refractivity contribution in [2.45, 2.75) is 155 Å². The van der Waals surface area contributed by atoms with E-state index in [2.05, 4.69) is 38.2 Å². The highest BCUT2D eigenvalue weighted by Crippen LogP contribution is 2.38. The van der Waals surface area contributed by atoms with Crippen molar-refractivity contribution in [3.8, 4) is 0 Å². The number of ether oxygens (including phenoxy) is 2. The van der Waals surface area contributed by atoms with Gasteiger partial charge < -0.3 is 27.9 Å². The van der Waals surface area contributed by atoms with Gasteiger partial charge in [-0.15, -0.1) is 0 Å². The van der Waals surface area contributed by atoms with Crippen LogP contribution < -0.4 is 4.89 Å². The molecule has 0 aromatic carbocycles. The zero-order valence-electron chi connectivity index (χ0n) is 30.7. The van der Waals surface area contributed by atoms with Crippen LogP contribution in [0.3, 0.4) is 0 Å². The van der Waals surface area contributed by atoms with E-state index < -0.39 is 32.5 Å². The van der Waals surface area contributed by atoms with Crippen molar-refractivity contribution in [3.63, 3.8) is 0 Å². The Hall–Kier alpha value is -1.51. The average Bonchev–Trinajstić information content (AvgIpc) is 3.01. The summed E-state index contributed by atoms with van der Waals surface area (Å²) >= 11 is 0. The lowest BCUT2D eigenvalue weighted by atomic mass is 10.1. The molecule has 10 heteroatoms. The van der Waals surface area contributed by atoms with Crippen molar-refractivity contribution >= 4 is 19.8 Å². The second-order valence-electron chi connectivity index (χ2n) is 13.6. The molecule has 0 spiro atoms. The van der Waals surface area contributed by atoms with E-state index >= 15 is 0 Å². The van der Waals surface area contributed by atoms with Gasteiger partial charge in [0, 0.05) is 12.8 Å². The number of likely N-dealkylation sites (N-methyl/N-ethyl adjacent to an activating group) is 1. The molecule has 2 atom stereocenters. The smallest absolute Gasteiger partial charge is 0.306 e. The Balaban J connectivity index is 4.49. The molecule has 0 rings (SSSR count). The molecule has 0 N–H and O–H groups in total.